The molecule has 2 atom stereocenters. The van der Waals surface area contributed by atoms with Crippen LogP contribution >= 0.6 is 0 Å². The molecule has 0 spiro atoms. The van der Waals surface area contributed by atoms with Crippen LogP contribution in [-0.2, 0) is 4.79 Å². The van der Waals surface area contributed by atoms with E-state index in [0.29, 0.717) is 18.5 Å². The van der Waals surface area contributed by atoms with E-state index in [1.165, 1.54) is 21.7 Å². The molecule has 0 aliphatic carbocycles. The summed E-state index contributed by atoms with van der Waals surface area (Å²) in [6.45, 7) is 2.05. The van der Waals surface area contributed by atoms with Crippen molar-refractivity contribution in [1.82, 2.24) is 14.7 Å². The fraction of sp³-hybridized carbons (Fsp3) is 0.333. The standard InChI is InChI=1S/C18H19N3O4/c1-12-7-8-13(18(24)25)11-20(12)17(23)15-9-10-16(22)21(19-15)14-5-3-2-4-6-14/h2-6,9-10,12-13H,7-8,11H2,1H3,(H,24,25). The average Bonchev–Trinajstić information content (AvgIpc) is 2.62. The number of likely N-dealkylation sites (tertiary alicyclic amines) is 1. The largest absolute Gasteiger partial charge is 0.481 e. The molecule has 1 aliphatic rings. The Morgan fingerprint density at radius 1 is 1.12 bits per heavy atom. The second-order valence-corrected chi connectivity index (χ2v) is 6.22. The third-order valence-electron chi connectivity index (χ3n) is 4.51. The molecule has 1 aromatic heterocycles. The monoisotopic (exact) mass is 341 g/mol. The number of hydrogen-bond acceptors (Lipinski definition) is 4. The first-order valence-corrected chi connectivity index (χ1v) is 8.17. The van der Waals surface area contributed by atoms with Crippen molar-refractivity contribution in [2.45, 2.75) is 25.8 Å². The summed E-state index contributed by atoms with van der Waals surface area (Å²) in [6.07, 6.45) is 1.18. The van der Waals surface area contributed by atoms with Crippen LogP contribution in [-0.4, -0.2) is 44.3 Å². The minimum absolute atomic E-state index is 0.0676. The van der Waals surface area contributed by atoms with E-state index < -0.39 is 11.9 Å². The summed E-state index contributed by atoms with van der Waals surface area (Å²) in [5.74, 6) is -1.82. The van der Waals surface area contributed by atoms with Crippen molar-refractivity contribution < 1.29 is 14.7 Å². The quantitative estimate of drug-likeness (QED) is 0.914. The number of carbonyl (C=O) groups is 2. The zero-order valence-electron chi connectivity index (χ0n) is 13.8. The van der Waals surface area contributed by atoms with E-state index in [4.69, 9.17) is 0 Å². The number of rotatable bonds is 3. The van der Waals surface area contributed by atoms with Crippen molar-refractivity contribution in [3.8, 4) is 5.69 Å². The fourth-order valence-corrected chi connectivity index (χ4v) is 3.02. The number of para-hydroxylation sites is 1. The molecule has 1 aromatic carbocycles. The number of aliphatic carboxylic acids is 1. The SMILES string of the molecule is CC1CCC(C(=O)O)CN1C(=O)c1ccc(=O)n(-c2ccccc2)n1. The summed E-state index contributed by atoms with van der Waals surface area (Å²) in [7, 11) is 0. The van der Waals surface area contributed by atoms with Gasteiger partial charge in [-0.15, -0.1) is 0 Å². The molecule has 3 rings (SSSR count). The lowest BCUT2D eigenvalue weighted by Crippen LogP contribution is -2.47. The lowest BCUT2D eigenvalue weighted by atomic mass is 9.93. The molecule has 2 aromatic rings. The number of nitrogens with zero attached hydrogens (tertiary/aromatic N) is 3. The van der Waals surface area contributed by atoms with Gasteiger partial charge in [-0.1, -0.05) is 18.2 Å². The molecule has 25 heavy (non-hydrogen) atoms. The first-order chi connectivity index (χ1) is 12.0. The molecule has 0 bridgehead atoms. The second kappa shape index (κ2) is 6.88. The van der Waals surface area contributed by atoms with Crippen LogP contribution in [0, 0.1) is 5.92 Å². The average molecular weight is 341 g/mol. The Hall–Kier alpha value is -2.96. The predicted octanol–water partition coefficient (Wildman–Crippen LogP) is 1.56. The summed E-state index contributed by atoms with van der Waals surface area (Å²) < 4.78 is 1.18. The second-order valence-electron chi connectivity index (χ2n) is 6.22. The van der Waals surface area contributed by atoms with Crippen LogP contribution < -0.4 is 5.56 Å². The summed E-state index contributed by atoms with van der Waals surface area (Å²) in [5, 5.41) is 13.4. The topological polar surface area (TPSA) is 92.5 Å². The van der Waals surface area contributed by atoms with Gasteiger partial charge in [0.25, 0.3) is 11.5 Å². The van der Waals surface area contributed by atoms with Crippen molar-refractivity contribution in [3.05, 3.63) is 58.5 Å². The van der Waals surface area contributed by atoms with Gasteiger partial charge in [0.1, 0.15) is 5.69 Å². The molecule has 130 valence electrons. The smallest absolute Gasteiger partial charge is 0.308 e. The van der Waals surface area contributed by atoms with E-state index in [2.05, 4.69) is 5.10 Å². The van der Waals surface area contributed by atoms with Gasteiger partial charge in [0.15, 0.2) is 0 Å². The summed E-state index contributed by atoms with van der Waals surface area (Å²) >= 11 is 0. The molecule has 0 saturated carbocycles. The molecule has 1 fully saturated rings. The van der Waals surface area contributed by atoms with E-state index in [1.807, 2.05) is 13.0 Å². The molecule has 1 amide bonds. The van der Waals surface area contributed by atoms with E-state index in [0.717, 1.165) is 0 Å². The Kier molecular flexibility index (Phi) is 4.65. The van der Waals surface area contributed by atoms with Crippen molar-refractivity contribution >= 4 is 11.9 Å². The van der Waals surface area contributed by atoms with Gasteiger partial charge in [-0.3, -0.25) is 14.4 Å². The Morgan fingerprint density at radius 3 is 2.52 bits per heavy atom. The minimum Gasteiger partial charge on any atom is -0.481 e. The molecule has 1 aliphatic heterocycles. The highest BCUT2D eigenvalue weighted by Gasteiger charge is 2.33. The number of hydrogen-bond donors (Lipinski definition) is 1. The van der Waals surface area contributed by atoms with Gasteiger partial charge < -0.3 is 10.0 Å². The maximum Gasteiger partial charge on any atom is 0.308 e. The normalized spacial score (nSPS) is 20.3. The summed E-state index contributed by atoms with van der Waals surface area (Å²) in [6, 6.07) is 11.5. The Labute approximate surface area is 144 Å². The van der Waals surface area contributed by atoms with Gasteiger partial charge in [-0.2, -0.15) is 9.78 Å². The molecular weight excluding hydrogens is 322 g/mol. The number of piperidine rings is 1. The van der Waals surface area contributed by atoms with Crippen molar-refractivity contribution in [3.63, 3.8) is 0 Å². The van der Waals surface area contributed by atoms with Gasteiger partial charge in [0.05, 0.1) is 11.6 Å². The number of aromatic nitrogens is 2. The van der Waals surface area contributed by atoms with E-state index in [1.54, 1.807) is 24.3 Å². The number of benzene rings is 1. The Morgan fingerprint density at radius 2 is 1.84 bits per heavy atom. The first-order valence-electron chi connectivity index (χ1n) is 8.17. The van der Waals surface area contributed by atoms with Gasteiger partial charge >= 0.3 is 5.97 Å². The van der Waals surface area contributed by atoms with Gasteiger partial charge in [-0.05, 0) is 38.0 Å². The van der Waals surface area contributed by atoms with Gasteiger partial charge in [0.2, 0.25) is 0 Å². The molecule has 7 heteroatoms. The number of carbonyl (C=O) groups excluding carboxylic acids is 1. The summed E-state index contributed by atoms with van der Waals surface area (Å²) in [5.41, 5.74) is 0.358. The predicted molar refractivity (Wildman–Crippen MR) is 90.7 cm³/mol. The van der Waals surface area contributed by atoms with Gasteiger partial charge in [-0.25, -0.2) is 0 Å². The van der Waals surface area contributed by atoms with Crippen molar-refractivity contribution in [2.24, 2.45) is 5.92 Å². The molecule has 0 radical (unpaired) electrons. The third kappa shape index (κ3) is 3.45. The Bertz CT molecular complexity index is 847. The van der Waals surface area contributed by atoms with Crippen LogP contribution in [0.3, 0.4) is 0 Å². The molecule has 1 saturated heterocycles. The molecular formula is C18H19N3O4. The fourth-order valence-electron chi connectivity index (χ4n) is 3.02. The van der Waals surface area contributed by atoms with Crippen LogP contribution in [0.5, 0.6) is 0 Å². The highest BCUT2D eigenvalue weighted by atomic mass is 16.4. The zero-order valence-corrected chi connectivity index (χ0v) is 13.8. The zero-order chi connectivity index (χ0) is 18.0. The van der Waals surface area contributed by atoms with E-state index in [9.17, 15) is 19.5 Å². The van der Waals surface area contributed by atoms with Crippen LogP contribution in [0.25, 0.3) is 5.69 Å². The van der Waals surface area contributed by atoms with E-state index in [-0.39, 0.29) is 29.7 Å². The highest BCUT2D eigenvalue weighted by molar-refractivity contribution is 5.92. The van der Waals surface area contributed by atoms with Crippen molar-refractivity contribution in [2.75, 3.05) is 6.54 Å². The maximum atomic E-state index is 12.8. The molecule has 2 unspecified atom stereocenters. The molecule has 2 heterocycles. The number of carboxylic acid groups (broad SMARTS) is 1. The van der Waals surface area contributed by atoms with Crippen LogP contribution in [0.2, 0.25) is 0 Å². The van der Waals surface area contributed by atoms with Crippen LogP contribution in [0.1, 0.15) is 30.3 Å². The third-order valence-corrected chi connectivity index (χ3v) is 4.51. The highest BCUT2D eigenvalue weighted by Crippen LogP contribution is 2.23. The minimum atomic E-state index is -0.896. The van der Waals surface area contributed by atoms with Crippen LogP contribution in [0.15, 0.2) is 47.3 Å². The Balaban J connectivity index is 1.92. The van der Waals surface area contributed by atoms with Gasteiger partial charge in [0, 0.05) is 18.7 Å². The first kappa shape index (κ1) is 16.9. The number of carboxylic acids is 1. The lowest BCUT2D eigenvalue weighted by Gasteiger charge is -2.36. The summed E-state index contributed by atoms with van der Waals surface area (Å²) in [4.78, 5) is 37.7. The molecule has 1 N–H and O–H groups in total. The lowest BCUT2D eigenvalue weighted by molar-refractivity contribution is -0.143. The maximum absolute atomic E-state index is 12.8. The molecule has 7 nitrogen and oxygen atoms in total. The van der Waals surface area contributed by atoms with Crippen LogP contribution in [0.4, 0.5) is 0 Å². The number of amides is 1. The van der Waals surface area contributed by atoms with E-state index >= 15 is 0 Å². The van der Waals surface area contributed by atoms with Crippen molar-refractivity contribution in [1.29, 1.82) is 0 Å².